The molecule has 0 bridgehead atoms. The van der Waals surface area contributed by atoms with Crippen LogP contribution in [0.3, 0.4) is 0 Å². The minimum Gasteiger partial charge on any atom is -0.464 e. The van der Waals surface area contributed by atoms with Crippen LogP contribution >= 0.6 is 0 Å². The molecule has 1 unspecified atom stereocenters. The van der Waals surface area contributed by atoms with Crippen molar-refractivity contribution in [1.29, 1.82) is 0 Å². The van der Waals surface area contributed by atoms with Gasteiger partial charge in [-0.25, -0.2) is 9.59 Å². The van der Waals surface area contributed by atoms with Crippen molar-refractivity contribution in [1.82, 2.24) is 4.90 Å². The quantitative estimate of drug-likeness (QED) is 0.268. The van der Waals surface area contributed by atoms with Gasteiger partial charge in [0.2, 0.25) is 0 Å². The van der Waals surface area contributed by atoms with Crippen molar-refractivity contribution in [3.8, 4) is 0 Å². The van der Waals surface area contributed by atoms with Crippen molar-refractivity contribution < 1.29 is 23.5 Å². The van der Waals surface area contributed by atoms with Crippen LogP contribution in [0, 0.1) is 5.41 Å². The average Bonchev–Trinajstić information content (AvgIpc) is 3.09. The SMILES string of the molecule is C=C/C(=C\C)COC(=O)N1CC2(CCC(O[Si](C)(C)C(C)(C)C)CC2)CC1C(=O)OCC. The first-order chi connectivity index (χ1) is 14.9. The zero-order valence-electron chi connectivity index (χ0n) is 21.2. The first kappa shape index (κ1) is 26.6. The first-order valence-corrected chi connectivity index (χ1v) is 14.8. The van der Waals surface area contributed by atoms with E-state index in [1.165, 1.54) is 0 Å². The Morgan fingerprint density at radius 3 is 2.31 bits per heavy atom. The van der Waals surface area contributed by atoms with Gasteiger partial charge < -0.3 is 13.9 Å². The molecule has 7 heteroatoms. The van der Waals surface area contributed by atoms with Gasteiger partial charge >= 0.3 is 12.1 Å². The lowest BCUT2D eigenvalue weighted by molar-refractivity contribution is -0.148. The van der Waals surface area contributed by atoms with Crippen molar-refractivity contribution in [2.75, 3.05) is 19.8 Å². The van der Waals surface area contributed by atoms with Crippen LogP contribution in [0.2, 0.25) is 18.1 Å². The van der Waals surface area contributed by atoms with Crippen LogP contribution in [0.5, 0.6) is 0 Å². The van der Waals surface area contributed by atoms with Gasteiger partial charge in [0, 0.05) is 12.6 Å². The number of nitrogens with zero attached hydrogens (tertiary/aromatic N) is 1. The summed E-state index contributed by atoms with van der Waals surface area (Å²) in [7, 11) is -1.82. The number of hydrogen-bond donors (Lipinski definition) is 0. The number of allylic oxidation sites excluding steroid dienone is 1. The number of rotatable bonds is 7. The molecular formula is C25H43NO5Si. The van der Waals surface area contributed by atoms with Gasteiger partial charge in [0.15, 0.2) is 8.32 Å². The Morgan fingerprint density at radius 2 is 1.81 bits per heavy atom. The highest BCUT2D eigenvalue weighted by Crippen LogP contribution is 2.48. The summed E-state index contributed by atoms with van der Waals surface area (Å²) in [5.74, 6) is -0.337. The van der Waals surface area contributed by atoms with Crippen LogP contribution < -0.4 is 0 Å². The minimum absolute atomic E-state index is 0.0778. The summed E-state index contributed by atoms with van der Waals surface area (Å²) >= 11 is 0. The van der Waals surface area contributed by atoms with Crippen LogP contribution in [0.1, 0.15) is 66.7 Å². The van der Waals surface area contributed by atoms with Crippen LogP contribution in [0.15, 0.2) is 24.3 Å². The summed E-state index contributed by atoms with van der Waals surface area (Å²) in [5, 5.41) is 0.183. The van der Waals surface area contributed by atoms with Gasteiger partial charge in [-0.1, -0.05) is 39.5 Å². The molecule has 0 aromatic carbocycles. The van der Waals surface area contributed by atoms with E-state index in [4.69, 9.17) is 13.9 Å². The van der Waals surface area contributed by atoms with Crippen molar-refractivity contribution >= 4 is 20.4 Å². The van der Waals surface area contributed by atoms with Crippen LogP contribution in [-0.2, 0) is 18.7 Å². The van der Waals surface area contributed by atoms with E-state index in [1.807, 2.05) is 13.0 Å². The lowest BCUT2D eigenvalue weighted by Crippen LogP contribution is -2.46. The van der Waals surface area contributed by atoms with Crippen LogP contribution in [-0.4, -0.2) is 57.2 Å². The maximum Gasteiger partial charge on any atom is 0.410 e. The summed E-state index contributed by atoms with van der Waals surface area (Å²) in [6.07, 6.45) is 7.77. The molecular weight excluding hydrogens is 422 g/mol. The molecule has 0 aromatic heterocycles. The Labute approximate surface area is 195 Å². The second kappa shape index (κ2) is 10.6. The predicted molar refractivity (Wildman–Crippen MR) is 130 cm³/mol. The van der Waals surface area contributed by atoms with E-state index >= 15 is 0 Å². The summed E-state index contributed by atoms with van der Waals surface area (Å²) in [4.78, 5) is 27.2. The second-order valence-electron chi connectivity index (χ2n) is 10.8. The van der Waals surface area contributed by atoms with E-state index in [0.29, 0.717) is 19.6 Å². The van der Waals surface area contributed by atoms with Gasteiger partial charge in [0.25, 0.3) is 0 Å². The summed E-state index contributed by atoms with van der Waals surface area (Å²) < 4.78 is 17.5. The average molecular weight is 466 g/mol. The van der Waals surface area contributed by atoms with E-state index in [2.05, 4.69) is 40.4 Å². The molecule has 6 nitrogen and oxygen atoms in total. The lowest BCUT2D eigenvalue weighted by Gasteiger charge is -2.43. The minimum atomic E-state index is -1.82. The molecule has 2 fully saturated rings. The van der Waals surface area contributed by atoms with Gasteiger partial charge in [-0.15, -0.1) is 0 Å². The van der Waals surface area contributed by atoms with E-state index in [0.717, 1.165) is 31.3 Å². The summed E-state index contributed by atoms with van der Waals surface area (Å²) in [5.41, 5.74) is 0.759. The Bertz CT molecular complexity index is 716. The van der Waals surface area contributed by atoms with E-state index in [9.17, 15) is 9.59 Å². The van der Waals surface area contributed by atoms with Gasteiger partial charge in [0.05, 0.1) is 6.61 Å². The summed E-state index contributed by atoms with van der Waals surface area (Å²) in [6, 6.07) is -0.585. The fourth-order valence-corrected chi connectivity index (χ4v) is 5.89. The maximum atomic E-state index is 12.9. The molecule has 182 valence electrons. The molecule has 2 aliphatic rings. The molecule has 1 atom stereocenters. The largest absolute Gasteiger partial charge is 0.464 e. The Balaban J connectivity index is 2.08. The van der Waals surface area contributed by atoms with Crippen molar-refractivity contribution in [3.63, 3.8) is 0 Å². The van der Waals surface area contributed by atoms with Crippen molar-refractivity contribution in [2.24, 2.45) is 5.41 Å². The van der Waals surface area contributed by atoms with Gasteiger partial charge in [0.1, 0.15) is 12.6 Å². The molecule has 1 saturated heterocycles. The third-order valence-corrected chi connectivity index (χ3v) is 12.1. The maximum absolute atomic E-state index is 12.9. The molecule has 1 aliphatic carbocycles. The fraction of sp³-hybridized carbons (Fsp3) is 0.760. The molecule has 1 aliphatic heterocycles. The fourth-order valence-electron chi connectivity index (χ4n) is 4.46. The summed E-state index contributed by atoms with van der Waals surface area (Å²) in [6.45, 7) is 19.8. The Morgan fingerprint density at radius 1 is 1.19 bits per heavy atom. The van der Waals surface area contributed by atoms with E-state index in [-0.39, 0.29) is 29.1 Å². The van der Waals surface area contributed by atoms with Crippen LogP contribution in [0.4, 0.5) is 4.79 Å². The first-order valence-electron chi connectivity index (χ1n) is 11.9. The molecule has 1 spiro atoms. The Kier molecular flexibility index (Phi) is 8.79. The number of hydrogen-bond acceptors (Lipinski definition) is 5. The normalized spacial score (nSPS) is 26.8. The number of likely N-dealkylation sites (tertiary alicyclic amines) is 1. The third kappa shape index (κ3) is 6.25. The molecule has 0 N–H and O–H groups in total. The number of carbonyl (C=O) groups excluding carboxylic acids is 2. The van der Waals surface area contributed by atoms with E-state index < -0.39 is 20.5 Å². The highest BCUT2D eigenvalue weighted by molar-refractivity contribution is 6.74. The van der Waals surface area contributed by atoms with Gasteiger partial charge in [-0.2, -0.15) is 0 Å². The third-order valence-electron chi connectivity index (χ3n) is 7.56. The number of amides is 1. The zero-order chi connectivity index (χ0) is 24.2. The van der Waals surface area contributed by atoms with Gasteiger partial charge in [-0.05, 0) is 75.1 Å². The molecule has 0 radical (unpaired) electrons. The standard InChI is InChI=1S/C25H43NO5Si/c1-9-19(10-2)17-30-23(28)26-18-25(16-21(26)22(27)29-11-3)14-12-20(13-15-25)31-32(7,8)24(4,5)6/h9-10,20-21H,1,11-18H2,2-8H3/b19-10+. The monoisotopic (exact) mass is 465 g/mol. The van der Waals surface area contributed by atoms with Gasteiger partial charge in [-0.3, -0.25) is 4.90 Å². The second-order valence-corrected chi connectivity index (χ2v) is 15.6. The molecule has 32 heavy (non-hydrogen) atoms. The number of esters is 1. The topological polar surface area (TPSA) is 65.1 Å². The molecule has 1 heterocycles. The van der Waals surface area contributed by atoms with E-state index in [1.54, 1.807) is 17.9 Å². The van der Waals surface area contributed by atoms with Crippen molar-refractivity contribution in [3.05, 3.63) is 24.3 Å². The lowest BCUT2D eigenvalue weighted by atomic mass is 9.72. The predicted octanol–water partition coefficient (Wildman–Crippen LogP) is 5.84. The highest BCUT2D eigenvalue weighted by Gasteiger charge is 2.52. The molecule has 2 rings (SSSR count). The Hall–Kier alpha value is -1.60. The molecule has 0 aromatic rings. The van der Waals surface area contributed by atoms with Crippen molar-refractivity contribution in [2.45, 2.75) is 97.0 Å². The number of carbonyl (C=O) groups is 2. The molecule has 1 amide bonds. The number of ether oxygens (including phenoxy) is 2. The molecule has 1 saturated carbocycles. The highest BCUT2D eigenvalue weighted by atomic mass is 28.4. The van der Waals surface area contributed by atoms with Crippen LogP contribution in [0.25, 0.3) is 0 Å². The zero-order valence-corrected chi connectivity index (χ0v) is 22.2. The smallest absolute Gasteiger partial charge is 0.410 e.